The van der Waals surface area contributed by atoms with Gasteiger partial charge in [0.1, 0.15) is 4.90 Å². The lowest BCUT2D eigenvalue weighted by atomic mass is 10.3. The summed E-state index contributed by atoms with van der Waals surface area (Å²) in [6.07, 6.45) is 0. The summed E-state index contributed by atoms with van der Waals surface area (Å²) in [5.41, 5.74) is -0.345. The zero-order valence-electron chi connectivity index (χ0n) is 14.7. The average Bonchev–Trinajstić information content (AvgIpc) is 2.70. The fraction of sp³-hybridized carbons (Fsp3) is 0.250. The summed E-state index contributed by atoms with van der Waals surface area (Å²) in [5, 5.41) is 11.1. The molecular weight excluding hydrogens is 465 g/mol. The number of halogens is 2. The van der Waals surface area contributed by atoms with Crippen LogP contribution in [0.15, 0.2) is 52.3 Å². The maximum Gasteiger partial charge on any atom is 0.270 e. The molecule has 0 N–H and O–H groups in total. The molecule has 2 aromatic carbocycles. The Hall–Kier alpha value is -1.76. The van der Waals surface area contributed by atoms with E-state index in [1.165, 1.54) is 36.4 Å². The topological polar surface area (TPSA) is 118 Å². The molecule has 1 heterocycles. The van der Waals surface area contributed by atoms with Gasteiger partial charge in [-0.1, -0.05) is 29.3 Å². The van der Waals surface area contributed by atoms with Crippen LogP contribution in [0.4, 0.5) is 5.69 Å². The van der Waals surface area contributed by atoms with Crippen LogP contribution in [0.2, 0.25) is 10.0 Å². The van der Waals surface area contributed by atoms with E-state index in [9.17, 15) is 26.9 Å². The number of sulfonamides is 2. The average molecular weight is 480 g/mol. The third-order valence-corrected chi connectivity index (χ3v) is 8.88. The van der Waals surface area contributed by atoms with Crippen molar-refractivity contribution in [2.24, 2.45) is 0 Å². The molecular formula is C16H15Cl2N3O6S2. The van der Waals surface area contributed by atoms with Crippen molar-refractivity contribution in [1.82, 2.24) is 8.61 Å². The minimum atomic E-state index is -4.01. The van der Waals surface area contributed by atoms with Gasteiger partial charge in [0.15, 0.2) is 0 Å². The molecule has 2 aromatic rings. The van der Waals surface area contributed by atoms with Crippen LogP contribution >= 0.6 is 23.2 Å². The van der Waals surface area contributed by atoms with Gasteiger partial charge in [-0.15, -0.1) is 0 Å². The van der Waals surface area contributed by atoms with E-state index < -0.39 is 25.0 Å². The van der Waals surface area contributed by atoms with E-state index in [0.717, 1.165) is 14.7 Å². The van der Waals surface area contributed by atoms with Crippen molar-refractivity contribution >= 4 is 48.9 Å². The van der Waals surface area contributed by atoms with Gasteiger partial charge in [-0.2, -0.15) is 8.61 Å². The van der Waals surface area contributed by atoms with Crippen LogP contribution in [0.3, 0.4) is 0 Å². The third-order valence-electron chi connectivity index (χ3n) is 4.37. The van der Waals surface area contributed by atoms with E-state index in [1.807, 2.05) is 0 Å². The summed E-state index contributed by atoms with van der Waals surface area (Å²) in [7, 11) is -7.97. The second kappa shape index (κ2) is 8.17. The summed E-state index contributed by atoms with van der Waals surface area (Å²) in [6, 6.07) is 8.80. The summed E-state index contributed by atoms with van der Waals surface area (Å²) in [5.74, 6) is 0. The van der Waals surface area contributed by atoms with Gasteiger partial charge in [0.05, 0.1) is 14.8 Å². The van der Waals surface area contributed by atoms with Crippen LogP contribution in [-0.4, -0.2) is 56.5 Å². The fourth-order valence-corrected chi connectivity index (χ4v) is 6.49. The highest BCUT2D eigenvalue weighted by atomic mass is 35.5. The summed E-state index contributed by atoms with van der Waals surface area (Å²) in [4.78, 5) is 9.84. The number of non-ortho nitro benzene ring substituents is 1. The Labute approximate surface area is 177 Å². The molecule has 0 saturated carbocycles. The van der Waals surface area contributed by atoms with E-state index in [2.05, 4.69) is 0 Å². The summed E-state index contributed by atoms with van der Waals surface area (Å²) in [6.45, 7) is -0.413. The number of piperazine rings is 1. The molecule has 1 aliphatic rings. The number of nitro groups is 1. The lowest BCUT2D eigenvalue weighted by Gasteiger charge is -2.33. The Bertz CT molecular complexity index is 1160. The van der Waals surface area contributed by atoms with Crippen molar-refractivity contribution in [2.45, 2.75) is 9.79 Å². The van der Waals surface area contributed by atoms with Gasteiger partial charge in [0.25, 0.3) is 5.69 Å². The van der Waals surface area contributed by atoms with Gasteiger partial charge in [-0.3, -0.25) is 10.1 Å². The van der Waals surface area contributed by atoms with Gasteiger partial charge in [-0.05, 0) is 24.3 Å². The van der Waals surface area contributed by atoms with Gasteiger partial charge in [-0.25, -0.2) is 16.8 Å². The Balaban J connectivity index is 1.80. The largest absolute Gasteiger partial charge is 0.270 e. The first-order chi connectivity index (χ1) is 13.5. The molecule has 1 fully saturated rings. The lowest BCUT2D eigenvalue weighted by molar-refractivity contribution is -0.385. The van der Waals surface area contributed by atoms with Crippen LogP contribution in [0.5, 0.6) is 0 Å². The molecule has 1 aliphatic heterocycles. The first-order valence-electron chi connectivity index (χ1n) is 8.23. The number of benzene rings is 2. The van der Waals surface area contributed by atoms with Crippen molar-refractivity contribution < 1.29 is 21.8 Å². The Morgan fingerprint density at radius 2 is 1.45 bits per heavy atom. The third kappa shape index (κ3) is 4.39. The van der Waals surface area contributed by atoms with Crippen LogP contribution in [0.1, 0.15) is 0 Å². The van der Waals surface area contributed by atoms with Crippen molar-refractivity contribution in [2.75, 3.05) is 26.2 Å². The molecule has 13 heteroatoms. The number of nitrogens with zero attached hydrogens (tertiary/aromatic N) is 3. The number of hydrogen-bond donors (Lipinski definition) is 0. The van der Waals surface area contributed by atoms with Crippen molar-refractivity contribution in [1.29, 1.82) is 0 Å². The molecule has 0 aromatic heterocycles. The van der Waals surface area contributed by atoms with Gasteiger partial charge < -0.3 is 0 Å². The standard InChI is InChI=1S/C16H15Cl2N3O6S2/c17-12-4-5-15(18)16(10-12)29(26,27)20-8-6-19(7-9-20)28(24,25)14-3-1-2-13(11-14)21(22)23/h1-5,10-11H,6-9H2. The molecule has 156 valence electrons. The molecule has 0 aliphatic carbocycles. The first-order valence-corrected chi connectivity index (χ1v) is 11.9. The van der Waals surface area contributed by atoms with E-state index in [0.29, 0.717) is 0 Å². The monoisotopic (exact) mass is 479 g/mol. The molecule has 0 amide bonds. The molecule has 0 radical (unpaired) electrons. The maximum atomic E-state index is 12.8. The SMILES string of the molecule is O=[N+]([O-])c1cccc(S(=O)(=O)N2CCN(S(=O)(=O)c3cc(Cl)ccc3Cl)CC2)c1. The number of hydrogen-bond acceptors (Lipinski definition) is 6. The van der Waals surface area contributed by atoms with Crippen LogP contribution < -0.4 is 0 Å². The van der Waals surface area contributed by atoms with E-state index in [1.54, 1.807) is 0 Å². The molecule has 3 rings (SSSR count). The summed E-state index contributed by atoms with van der Waals surface area (Å²) < 4.78 is 53.5. The molecule has 9 nitrogen and oxygen atoms in total. The minimum Gasteiger partial charge on any atom is -0.258 e. The van der Waals surface area contributed by atoms with E-state index in [-0.39, 0.29) is 51.7 Å². The predicted octanol–water partition coefficient (Wildman–Crippen LogP) is 2.60. The van der Waals surface area contributed by atoms with Gasteiger partial charge >= 0.3 is 0 Å². The molecule has 0 unspecified atom stereocenters. The van der Waals surface area contributed by atoms with Crippen LogP contribution in [0.25, 0.3) is 0 Å². The molecule has 0 spiro atoms. The predicted molar refractivity (Wildman–Crippen MR) is 107 cm³/mol. The zero-order valence-corrected chi connectivity index (χ0v) is 17.9. The van der Waals surface area contributed by atoms with E-state index in [4.69, 9.17) is 23.2 Å². The highest BCUT2D eigenvalue weighted by Gasteiger charge is 2.35. The Morgan fingerprint density at radius 3 is 2.03 bits per heavy atom. The normalized spacial score (nSPS) is 16.6. The smallest absolute Gasteiger partial charge is 0.258 e. The number of nitro benzene ring substituents is 1. The Kier molecular flexibility index (Phi) is 6.18. The molecule has 0 atom stereocenters. The van der Waals surface area contributed by atoms with Crippen molar-refractivity contribution in [3.63, 3.8) is 0 Å². The van der Waals surface area contributed by atoms with Crippen LogP contribution in [0, 0.1) is 10.1 Å². The second-order valence-electron chi connectivity index (χ2n) is 6.14. The van der Waals surface area contributed by atoms with Gasteiger partial charge in [0, 0.05) is 43.3 Å². The maximum absolute atomic E-state index is 12.8. The number of rotatable bonds is 5. The van der Waals surface area contributed by atoms with Crippen molar-refractivity contribution in [3.05, 3.63) is 62.6 Å². The molecule has 1 saturated heterocycles. The molecule has 29 heavy (non-hydrogen) atoms. The fourth-order valence-electron chi connectivity index (χ4n) is 2.87. The zero-order chi connectivity index (χ0) is 21.4. The Morgan fingerprint density at radius 1 is 0.862 bits per heavy atom. The highest BCUT2D eigenvalue weighted by Crippen LogP contribution is 2.29. The molecule has 0 bridgehead atoms. The highest BCUT2D eigenvalue weighted by molar-refractivity contribution is 7.89. The van der Waals surface area contributed by atoms with E-state index >= 15 is 0 Å². The van der Waals surface area contributed by atoms with Crippen LogP contribution in [-0.2, 0) is 20.0 Å². The first kappa shape index (κ1) is 21.9. The van der Waals surface area contributed by atoms with Crippen molar-refractivity contribution in [3.8, 4) is 0 Å². The lowest BCUT2D eigenvalue weighted by Crippen LogP contribution is -2.50. The minimum absolute atomic E-state index is 0.0149. The quantitative estimate of drug-likeness (QED) is 0.480. The van der Waals surface area contributed by atoms with Gasteiger partial charge in [0.2, 0.25) is 20.0 Å². The second-order valence-corrected chi connectivity index (χ2v) is 10.8. The summed E-state index contributed by atoms with van der Waals surface area (Å²) >= 11 is 11.9.